The Balaban J connectivity index is 1.82. The van der Waals surface area contributed by atoms with E-state index in [2.05, 4.69) is 9.88 Å². The van der Waals surface area contributed by atoms with Crippen LogP contribution in [0.15, 0.2) is 30.3 Å². The quantitative estimate of drug-likeness (QED) is 0.928. The lowest BCUT2D eigenvalue weighted by atomic mass is 10.1. The third kappa shape index (κ3) is 3.01. The van der Waals surface area contributed by atoms with Crippen LogP contribution in [0, 0.1) is 0 Å². The average Bonchev–Trinajstić information content (AvgIpc) is 2.79. The number of anilines is 1. The number of nitrogens with zero attached hydrogens (tertiary/aromatic N) is 2. The molecule has 1 unspecified atom stereocenters. The fraction of sp³-hybridized carbons (Fsp3) is 0.400. The summed E-state index contributed by atoms with van der Waals surface area (Å²) in [7, 11) is -0.919. The number of hydrogen-bond donors (Lipinski definition) is 1. The monoisotopic (exact) mass is 305 g/mol. The smallest absolute Gasteiger partial charge is 0.151 e. The minimum atomic E-state index is -2.86. The largest absolute Gasteiger partial charge is 0.398 e. The Kier molecular flexibility index (Phi) is 3.59. The summed E-state index contributed by atoms with van der Waals surface area (Å²) in [5.74, 6) is 0.530. The van der Waals surface area contributed by atoms with E-state index in [0.717, 1.165) is 16.6 Å². The van der Waals surface area contributed by atoms with E-state index in [1.54, 1.807) is 0 Å². The van der Waals surface area contributed by atoms with E-state index >= 15 is 0 Å². The summed E-state index contributed by atoms with van der Waals surface area (Å²) in [5, 5.41) is 0.951. The number of fused-ring (bicyclic) bond motifs is 1. The molecule has 1 aliphatic heterocycles. The molecule has 5 nitrogen and oxygen atoms in total. The van der Waals surface area contributed by atoms with Crippen molar-refractivity contribution in [3.8, 4) is 0 Å². The molecule has 2 N–H and O–H groups in total. The molecule has 1 saturated heterocycles. The molecular weight excluding hydrogens is 286 g/mol. The lowest BCUT2D eigenvalue weighted by Gasteiger charge is -2.22. The molecule has 1 aliphatic rings. The number of para-hydroxylation sites is 1. The first kappa shape index (κ1) is 14.3. The second-order valence-electron chi connectivity index (χ2n) is 5.69. The summed E-state index contributed by atoms with van der Waals surface area (Å²) in [6.07, 6.45) is 0.696. The lowest BCUT2D eigenvalue weighted by molar-refractivity contribution is 0.251. The molecule has 0 amide bonds. The molecule has 1 aromatic carbocycles. The minimum Gasteiger partial charge on any atom is -0.398 e. The molecule has 1 aromatic heterocycles. The molecule has 0 saturated carbocycles. The number of rotatable bonds is 3. The molecule has 2 aromatic rings. The van der Waals surface area contributed by atoms with E-state index in [1.807, 2.05) is 37.4 Å². The van der Waals surface area contributed by atoms with Crippen LogP contribution in [-0.4, -0.2) is 42.9 Å². The van der Waals surface area contributed by atoms with Crippen LogP contribution in [-0.2, 0) is 16.4 Å². The maximum absolute atomic E-state index is 11.6. The van der Waals surface area contributed by atoms with Gasteiger partial charge in [0.2, 0.25) is 0 Å². The van der Waals surface area contributed by atoms with E-state index in [-0.39, 0.29) is 17.5 Å². The highest BCUT2D eigenvalue weighted by molar-refractivity contribution is 7.91. The van der Waals surface area contributed by atoms with E-state index in [1.165, 1.54) is 0 Å². The van der Waals surface area contributed by atoms with E-state index in [4.69, 9.17) is 5.73 Å². The second-order valence-corrected chi connectivity index (χ2v) is 7.92. The van der Waals surface area contributed by atoms with Gasteiger partial charge in [-0.2, -0.15) is 0 Å². The molecule has 1 fully saturated rings. The van der Waals surface area contributed by atoms with Crippen molar-refractivity contribution in [2.75, 3.05) is 24.3 Å². The molecule has 0 spiro atoms. The van der Waals surface area contributed by atoms with E-state index in [9.17, 15) is 8.42 Å². The number of sulfone groups is 1. The summed E-state index contributed by atoms with van der Waals surface area (Å²) in [5.41, 5.74) is 8.53. The normalized spacial score (nSPS) is 21.1. The first-order valence-electron chi connectivity index (χ1n) is 6.99. The topological polar surface area (TPSA) is 76.3 Å². The first-order valence-corrected chi connectivity index (χ1v) is 8.81. The van der Waals surface area contributed by atoms with Gasteiger partial charge in [0.1, 0.15) is 0 Å². The molecule has 21 heavy (non-hydrogen) atoms. The average molecular weight is 305 g/mol. The van der Waals surface area contributed by atoms with Gasteiger partial charge in [-0.05, 0) is 25.6 Å². The van der Waals surface area contributed by atoms with Gasteiger partial charge in [-0.3, -0.25) is 9.88 Å². The Hall–Kier alpha value is -1.66. The Bertz CT molecular complexity index is 774. The van der Waals surface area contributed by atoms with Crippen LogP contribution in [0.2, 0.25) is 0 Å². The van der Waals surface area contributed by atoms with Crippen molar-refractivity contribution in [3.05, 3.63) is 36.0 Å². The zero-order valence-corrected chi connectivity index (χ0v) is 12.8. The third-order valence-electron chi connectivity index (χ3n) is 4.04. The molecule has 112 valence electrons. The van der Waals surface area contributed by atoms with Gasteiger partial charge < -0.3 is 5.73 Å². The van der Waals surface area contributed by atoms with Crippen molar-refractivity contribution >= 4 is 26.4 Å². The van der Waals surface area contributed by atoms with Crippen LogP contribution in [0.25, 0.3) is 10.9 Å². The zero-order valence-electron chi connectivity index (χ0n) is 12.0. The van der Waals surface area contributed by atoms with Crippen LogP contribution in [0.5, 0.6) is 0 Å². The van der Waals surface area contributed by atoms with Gasteiger partial charge in [0, 0.05) is 23.7 Å². The van der Waals surface area contributed by atoms with Crippen molar-refractivity contribution < 1.29 is 8.42 Å². The Morgan fingerprint density at radius 2 is 2.14 bits per heavy atom. The van der Waals surface area contributed by atoms with Gasteiger partial charge in [0.25, 0.3) is 0 Å². The number of nitrogens with two attached hydrogens (primary N) is 1. The van der Waals surface area contributed by atoms with Gasteiger partial charge >= 0.3 is 0 Å². The van der Waals surface area contributed by atoms with Crippen molar-refractivity contribution in [1.29, 1.82) is 0 Å². The molecule has 3 rings (SSSR count). The van der Waals surface area contributed by atoms with Gasteiger partial charge in [-0.1, -0.05) is 18.2 Å². The molecule has 0 bridgehead atoms. The van der Waals surface area contributed by atoms with Crippen LogP contribution in [0.1, 0.15) is 12.1 Å². The standard InChI is InChI=1S/C15H19N3O2S/c1-18(12-6-7-21(19,20)10-12)9-11-8-14(16)13-4-2-3-5-15(13)17-11/h2-5,8,12H,6-7,9-10H2,1H3,(H2,16,17). The molecule has 2 heterocycles. The highest BCUT2D eigenvalue weighted by Gasteiger charge is 2.30. The summed E-state index contributed by atoms with van der Waals surface area (Å²) >= 11 is 0. The van der Waals surface area contributed by atoms with Crippen LogP contribution >= 0.6 is 0 Å². The fourth-order valence-electron chi connectivity index (χ4n) is 2.85. The first-order chi connectivity index (χ1) is 9.94. The number of benzene rings is 1. The number of hydrogen-bond acceptors (Lipinski definition) is 5. The molecular formula is C15H19N3O2S. The van der Waals surface area contributed by atoms with Crippen LogP contribution in [0.3, 0.4) is 0 Å². The minimum absolute atomic E-state index is 0.0736. The van der Waals surface area contributed by atoms with Crippen molar-refractivity contribution in [3.63, 3.8) is 0 Å². The summed E-state index contributed by atoms with van der Waals surface area (Å²) in [6.45, 7) is 0.606. The van der Waals surface area contributed by atoms with Gasteiger partial charge in [0.15, 0.2) is 9.84 Å². The second kappa shape index (κ2) is 5.27. The van der Waals surface area contributed by atoms with Crippen molar-refractivity contribution in [1.82, 2.24) is 9.88 Å². The highest BCUT2D eigenvalue weighted by atomic mass is 32.2. The number of pyridine rings is 1. The summed E-state index contributed by atoms with van der Waals surface area (Å²) in [4.78, 5) is 6.67. The molecule has 1 atom stereocenters. The zero-order chi connectivity index (χ0) is 15.0. The van der Waals surface area contributed by atoms with E-state index < -0.39 is 9.84 Å². The highest BCUT2D eigenvalue weighted by Crippen LogP contribution is 2.22. The predicted octanol–water partition coefficient (Wildman–Crippen LogP) is 1.44. The Morgan fingerprint density at radius 1 is 1.38 bits per heavy atom. The SMILES string of the molecule is CN(Cc1cc(N)c2ccccc2n1)C1CCS(=O)(=O)C1. The third-order valence-corrected chi connectivity index (χ3v) is 5.79. The molecule has 6 heteroatoms. The van der Waals surface area contributed by atoms with Crippen molar-refractivity contribution in [2.45, 2.75) is 19.0 Å². The van der Waals surface area contributed by atoms with E-state index in [0.29, 0.717) is 18.7 Å². The van der Waals surface area contributed by atoms with Crippen LogP contribution in [0.4, 0.5) is 5.69 Å². The fourth-order valence-corrected chi connectivity index (χ4v) is 4.65. The van der Waals surface area contributed by atoms with Gasteiger partial charge in [-0.25, -0.2) is 8.42 Å². The molecule has 0 aliphatic carbocycles. The van der Waals surface area contributed by atoms with Gasteiger partial charge in [0.05, 0.1) is 22.7 Å². The molecule has 0 radical (unpaired) electrons. The maximum atomic E-state index is 11.6. The number of nitrogen functional groups attached to an aromatic ring is 1. The number of aromatic nitrogens is 1. The lowest BCUT2D eigenvalue weighted by Crippen LogP contribution is -2.32. The van der Waals surface area contributed by atoms with Crippen molar-refractivity contribution in [2.24, 2.45) is 0 Å². The Morgan fingerprint density at radius 3 is 2.86 bits per heavy atom. The van der Waals surface area contributed by atoms with Crippen LogP contribution < -0.4 is 5.73 Å². The summed E-state index contributed by atoms with van der Waals surface area (Å²) in [6, 6.07) is 9.72. The van der Waals surface area contributed by atoms with Gasteiger partial charge in [-0.15, -0.1) is 0 Å². The summed E-state index contributed by atoms with van der Waals surface area (Å²) < 4.78 is 23.1. The predicted molar refractivity (Wildman–Crippen MR) is 84.7 cm³/mol. The maximum Gasteiger partial charge on any atom is 0.151 e. The Labute approximate surface area is 124 Å².